The molecule has 1 rings (SSSR count). The Hall–Kier alpha value is -1.29. The fourth-order valence-electron chi connectivity index (χ4n) is 1.46. The fraction of sp³-hybridized carbons (Fsp3) is 0.385. The number of ketones is 1. The molecule has 1 amide bonds. The summed E-state index contributed by atoms with van der Waals surface area (Å²) in [6, 6.07) is 8.23. The zero-order valence-corrected chi connectivity index (χ0v) is 11.2. The second kappa shape index (κ2) is 6.45. The van der Waals surface area contributed by atoms with Crippen LogP contribution in [0.1, 0.15) is 12.5 Å². The minimum atomic E-state index is -0.425. The number of Topliss-reactive ketones (excluding diaryl/α,β-unsaturated/α-hetero) is 1. The summed E-state index contributed by atoms with van der Waals surface area (Å²) in [5.74, 6) is -0.837. The number of carbonyl (C=O) groups excluding carboxylic acids is 2. The lowest BCUT2D eigenvalue weighted by atomic mass is 10.1. The maximum absolute atomic E-state index is 11.3. The Labute approximate surface area is 106 Å². The highest BCUT2D eigenvalue weighted by Gasteiger charge is 2.12. The molecule has 0 heterocycles. The number of hydrogen-bond donors (Lipinski definition) is 0. The van der Waals surface area contributed by atoms with Crippen molar-refractivity contribution in [3.05, 3.63) is 29.8 Å². The molecule has 0 saturated heterocycles. The molecule has 17 heavy (non-hydrogen) atoms. The predicted octanol–water partition coefficient (Wildman–Crippen LogP) is 2.00. The van der Waals surface area contributed by atoms with E-state index in [1.54, 1.807) is 18.8 Å². The van der Waals surface area contributed by atoms with Gasteiger partial charge in [0.1, 0.15) is 0 Å². The first-order valence-corrected chi connectivity index (χ1v) is 6.66. The summed E-state index contributed by atoms with van der Waals surface area (Å²) in [5, 5.41) is 0. The first-order chi connectivity index (χ1) is 8.04. The van der Waals surface area contributed by atoms with Gasteiger partial charge >= 0.3 is 0 Å². The Morgan fingerprint density at radius 1 is 1.24 bits per heavy atom. The Kier molecular flexibility index (Phi) is 5.22. The van der Waals surface area contributed by atoms with Gasteiger partial charge < -0.3 is 4.90 Å². The first-order valence-electron chi connectivity index (χ1n) is 5.43. The highest BCUT2D eigenvalue weighted by molar-refractivity contribution is 7.98. The number of likely N-dealkylation sites (N-methyl/N-ethyl adjacent to an activating group) is 1. The van der Waals surface area contributed by atoms with Gasteiger partial charge in [0.05, 0.1) is 0 Å². The largest absolute Gasteiger partial charge is 0.339 e. The summed E-state index contributed by atoms with van der Waals surface area (Å²) in [6.45, 7) is 1.86. The Morgan fingerprint density at radius 3 is 2.29 bits per heavy atom. The number of carbonyl (C=O) groups is 2. The number of benzene rings is 1. The van der Waals surface area contributed by atoms with Crippen LogP contribution in [0.2, 0.25) is 0 Å². The van der Waals surface area contributed by atoms with E-state index in [1.165, 1.54) is 22.3 Å². The smallest absolute Gasteiger partial charge is 0.289 e. The van der Waals surface area contributed by atoms with Gasteiger partial charge in [-0.1, -0.05) is 12.1 Å². The maximum atomic E-state index is 11.3. The summed E-state index contributed by atoms with van der Waals surface area (Å²) in [7, 11) is 1.65. The van der Waals surface area contributed by atoms with Gasteiger partial charge in [-0.05, 0) is 30.4 Å². The van der Waals surface area contributed by atoms with Crippen LogP contribution in [0.25, 0.3) is 0 Å². The van der Waals surface area contributed by atoms with Crippen LogP contribution in [0.4, 0.5) is 0 Å². The Morgan fingerprint density at radius 2 is 1.82 bits per heavy atom. The van der Waals surface area contributed by atoms with Gasteiger partial charge in [0.15, 0.2) is 0 Å². The molecule has 0 atom stereocenters. The molecule has 1 aromatic carbocycles. The van der Waals surface area contributed by atoms with Gasteiger partial charge in [-0.2, -0.15) is 0 Å². The predicted molar refractivity (Wildman–Crippen MR) is 70.2 cm³/mol. The lowest BCUT2D eigenvalue weighted by Crippen LogP contribution is -2.33. The van der Waals surface area contributed by atoms with E-state index in [9.17, 15) is 9.59 Å². The van der Waals surface area contributed by atoms with E-state index < -0.39 is 11.7 Å². The third kappa shape index (κ3) is 4.23. The van der Waals surface area contributed by atoms with Gasteiger partial charge in [-0.15, -0.1) is 11.8 Å². The van der Waals surface area contributed by atoms with E-state index in [-0.39, 0.29) is 0 Å². The quantitative estimate of drug-likeness (QED) is 0.593. The zero-order valence-electron chi connectivity index (χ0n) is 10.4. The number of hydrogen-bond acceptors (Lipinski definition) is 3. The summed E-state index contributed by atoms with van der Waals surface area (Å²) in [5.41, 5.74) is 1.17. The molecule has 0 N–H and O–H groups in total. The minimum Gasteiger partial charge on any atom is -0.339 e. The van der Waals surface area contributed by atoms with Crippen LogP contribution in [0.15, 0.2) is 29.2 Å². The molecule has 3 nitrogen and oxygen atoms in total. The molecule has 0 spiro atoms. The molecule has 0 fully saturated rings. The van der Waals surface area contributed by atoms with Gasteiger partial charge in [0.2, 0.25) is 5.78 Å². The molecule has 0 aliphatic rings. The Balaban J connectivity index is 2.49. The van der Waals surface area contributed by atoms with Crippen LogP contribution in [0.5, 0.6) is 0 Å². The van der Waals surface area contributed by atoms with Gasteiger partial charge in [-0.3, -0.25) is 9.59 Å². The van der Waals surface area contributed by atoms with Crippen LogP contribution in [0.3, 0.4) is 0 Å². The van der Waals surface area contributed by atoms with E-state index in [0.29, 0.717) is 6.54 Å². The van der Waals surface area contributed by atoms with E-state index in [4.69, 9.17) is 0 Å². The average Bonchev–Trinajstić information content (AvgIpc) is 2.35. The molecule has 1 aromatic rings. The van der Waals surface area contributed by atoms with E-state index in [1.807, 2.05) is 6.26 Å². The highest BCUT2D eigenvalue weighted by atomic mass is 32.2. The van der Waals surface area contributed by atoms with Crippen molar-refractivity contribution in [1.82, 2.24) is 4.90 Å². The normalized spacial score (nSPS) is 10.1. The van der Waals surface area contributed by atoms with Crippen molar-refractivity contribution >= 4 is 23.5 Å². The third-order valence-electron chi connectivity index (χ3n) is 2.54. The molecule has 0 aromatic heterocycles. The van der Waals surface area contributed by atoms with Crippen molar-refractivity contribution in [3.8, 4) is 0 Å². The molecule has 0 radical (unpaired) electrons. The molecular formula is C13H17NO2S. The van der Waals surface area contributed by atoms with E-state index >= 15 is 0 Å². The van der Waals surface area contributed by atoms with Crippen molar-refractivity contribution in [3.63, 3.8) is 0 Å². The SMILES string of the molecule is CSc1ccc(CCN(C)C(=O)C(C)=O)cc1. The first kappa shape index (κ1) is 13.8. The van der Waals surface area contributed by atoms with Crippen molar-refractivity contribution in [2.45, 2.75) is 18.2 Å². The lowest BCUT2D eigenvalue weighted by Gasteiger charge is -2.15. The number of amides is 1. The van der Waals surface area contributed by atoms with Crippen molar-refractivity contribution in [2.24, 2.45) is 0 Å². The second-order valence-electron chi connectivity index (χ2n) is 3.88. The fourth-order valence-corrected chi connectivity index (χ4v) is 1.87. The van der Waals surface area contributed by atoms with Crippen molar-refractivity contribution in [1.29, 1.82) is 0 Å². The van der Waals surface area contributed by atoms with Crippen LogP contribution in [-0.2, 0) is 16.0 Å². The summed E-state index contributed by atoms with van der Waals surface area (Å²) in [4.78, 5) is 24.9. The third-order valence-corrected chi connectivity index (χ3v) is 3.29. The summed E-state index contributed by atoms with van der Waals surface area (Å²) < 4.78 is 0. The molecule has 0 aliphatic carbocycles. The molecule has 4 heteroatoms. The standard InChI is InChI=1S/C13H17NO2S/c1-10(15)13(16)14(2)9-8-11-4-6-12(17-3)7-5-11/h4-7H,8-9H2,1-3H3. The van der Waals surface area contributed by atoms with Crippen LogP contribution in [-0.4, -0.2) is 36.4 Å². The second-order valence-corrected chi connectivity index (χ2v) is 4.76. The van der Waals surface area contributed by atoms with Crippen LogP contribution < -0.4 is 0 Å². The number of nitrogens with zero attached hydrogens (tertiary/aromatic N) is 1. The Bertz CT molecular complexity index is 400. The van der Waals surface area contributed by atoms with Crippen LogP contribution in [0, 0.1) is 0 Å². The molecule has 0 unspecified atom stereocenters. The molecule has 0 aliphatic heterocycles. The van der Waals surface area contributed by atoms with Crippen molar-refractivity contribution < 1.29 is 9.59 Å². The molecule has 0 bridgehead atoms. The lowest BCUT2D eigenvalue weighted by molar-refractivity contribution is -0.142. The highest BCUT2D eigenvalue weighted by Crippen LogP contribution is 2.15. The van der Waals surface area contributed by atoms with Gasteiger partial charge in [0, 0.05) is 25.4 Å². The molecule has 0 saturated carbocycles. The topological polar surface area (TPSA) is 37.4 Å². The van der Waals surface area contributed by atoms with Crippen molar-refractivity contribution in [2.75, 3.05) is 19.8 Å². The summed E-state index contributed by atoms with van der Waals surface area (Å²) in [6.07, 6.45) is 2.80. The van der Waals surface area contributed by atoms with Gasteiger partial charge in [-0.25, -0.2) is 0 Å². The average molecular weight is 251 g/mol. The molecule has 92 valence electrons. The zero-order chi connectivity index (χ0) is 12.8. The monoisotopic (exact) mass is 251 g/mol. The van der Waals surface area contributed by atoms with E-state index in [2.05, 4.69) is 24.3 Å². The number of thioether (sulfide) groups is 1. The van der Waals surface area contributed by atoms with Crippen LogP contribution >= 0.6 is 11.8 Å². The van der Waals surface area contributed by atoms with E-state index in [0.717, 1.165) is 6.42 Å². The number of rotatable bonds is 5. The molecular weight excluding hydrogens is 234 g/mol. The minimum absolute atomic E-state index is 0.412. The van der Waals surface area contributed by atoms with Gasteiger partial charge in [0.25, 0.3) is 5.91 Å². The summed E-state index contributed by atoms with van der Waals surface area (Å²) >= 11 is 1.70. The maximum Gasteiger partial charge on any atom is 0.289 e.